The molecule has 0 radical (unpaired) electrons. The van der Waals surface area contributed by atoms with Crippen LogP contribution in [-0.4, -0.2) is 11.5 Å². The van der Waals surface area contributed by atoms with Gasteiger partial charge in [-0.3, -0.25) is 4.99 Å². The second-order valence-corrected chi connectivity index (χ2v) is 6.59. The number of rotatable bonds is 2. The molecule has 0 bridgehead atoms. The van der Waals surface area contributed by atoms with Crippen molar-refractivity contribution in [3.05, 3.63) is 89.5 Å². The molecule has 0 unspecified atom stereocenters. The van der Waals surface area contributed by atoms with Gasteiger partial charge in [0.2, 0.25) is 0 Å². The van der Waals surface area contributed by atoms with E-state index < -0.39 is 0 Å². The SMILES string of the molecule is Cc1ccc(C2=Nc3ccccc3NC(=Nc3ccccc3C)C2)cc1. The maximum atomic E-state index is 4.93. The molecule has 0 saturated heterocycles. The summed E-state index contributed by atoms with van der Waals surface area (Å²) in [6, 6.07) is 24.8. The van der Waals surface area contributed by atoms with Crippen LogP contribution in [0.3, 0.4) is 0 Å². The minimum Gasteiger partial charge on any atom is -0.342 e. The van der Waals surface area contributed by atoms with E-state index in [-0.39, 0.29) is 0 Å². The Morgan fingerprint density at radius 2 is 1.58 bits per heavy atom. The topological polar surface area (TPSA) is 36.8 Å². The first-order valence-electron chi connectivity index (χ1n) is 8.83. The molecular weight excluding hydrogens is 318 g/mol. The molecule has 0 amide bonds. The zero-order valence-electron chi connectivity index (χ0n) is 15.0. The molecule has 128 valence electrons. The number of nitrogens with one attached hydrogen (secondary N) is 1. The Morgan fingerprint density at radius 1 is 0.846 bits per heavy atom. The summed E-state index contributed by atoms with van der Waals surface area (Å²) in [4.78, 5) is 9.82. The van der Waals surface area contributed by atoms with Crippen molar-refractivity contribution in [1.29, 1.82) is 0 Å². The van der Waals surface area contributed by atoms with Crippen LogP contribution < -0.4 is 5.32 Å². The Labute approximate surface area is 154 Å². The minimum absolute atomic E-state index is 0.659. The van der Waals surface area contributed by atoms with E-state index in [0.717, 1.165) is 39.7 Å². The highest BCUT2D eigenvalue weighted by molar-refractivity contribution is 6.19. The highest BCUT2D eigenvalue weighted by Crippen LogP contribution is 2.30. The maximum Gasteiger partial charge on any atom is 0.113 e. The fourth-order valence-electron chi connectivity index (χ4n) is 3.03. The predicted octanol–water partition coefficient (Wildman–Crippen LogP) is 5.97. The van der Waals surface area contributed by atoms with Gasteiger partial charge in [0.05, 0.1) is 22.8 Å². The fourth-order valence-corrected chi connectivity index (χ4v) is 3.03. The third kappa shape index (κ3) is 3.42. The van der Waals surface area contributed by atoms with Crippen LogP contribution in [0.4, 0.5) is 17.1 Å². The molecule has 3 aromatic rings. The summed E-state index contributed by atoms with van der Waals surface area (Å²) in [7, 11) is 0. The van der Waals surface area contributed by atoms with Gasteiger partial charge in [-0.15, -0.1) is 0 Å². The molecule has 3 heteroatoms. The van der Waals surface area contributed by atoms with Gasteiger partial charge in [-0.05, 0) is 43.2 Å². The number of hydrogen-bond acceptors (Lipinski definition) is 2. The standard InChI is InChI=1S/C23H21N3/c1-16-11-13-18(14-12-16)22-15-23(25-19-8-4-3-7-17(19)2)26-21-10-6-5-9-20(21)24-22/h3-14H,15H2,1-2H3,(H,25,26). The van der Waals surface area contributed by atoms with E-state index in [1.54, 1.807) is 0 Å². The summed E-state index contributed by atoms with van der Waals surface area (Å²) in [5, 5.41) is 3.48. The van der Waals surface area contributed by atoms with Crippen molar-refractivity contribution in [2.24, 2.45) is 9.98 Å². The zero-order chi connectivity index (χ0) is 17.9. The number of benzene rings is 3. The second-order valence-electron chi connectivity index (χ2n) is 6.59. The van der Waals surface area contributed by atoms with E-state index in [2.05, 4.69) is 49.5 Å². The van der Waals surface area contributed by atoms with Crippen molar-refractivity contribution >= 4 is 28.6 Å². The van der Waals surface area contributed by atoms with Crippen molar-refractivity contribution in [2.45, 2.75) is 20.3 Å². The monoisotopic (exact) mass is 339 g/mol. The van der Waals surface area contributed by atoms with E-state index in [1.165, 1.54) is 5.56 Å². The van der Waals surface area contributed by atoms with E-state index in [9.17, 15) is 0 Å². The highest BCUT2D eigenvalue weighted by atomic mass is 15.0. The van der Waals surface area contributed by atoms with Crippen molar-refractivity contribution in [1.82, 2.24) is 0 Å². The summed E-state index contributed by atoms with van der Waals surface area (Å²) in [5.41, 5.74) is 7.47. The van der Waals surface area contributed by atoms with Gasteiger partial charge in [0.15, 0.2) is 0 Å². The number of anilines is 1. The Hall–Kier alpha value is -3.20. The summed E-state index contributed by atoms with van der Waals surface area (Å²) in [6.45, 7) is 4.18. The molecule has 4 rings (SSSR count). The van der Waals surface area contributed by atoms with Gasteiger partial charge in [-0.25, -0.2) is 4.99 Å². The van der Waals surface area contributed by atoms with Gasteiger partial charge in [-0.2, -0.15) is 0 Å². The van der Waals surface area contributed by atoms with Crippen LogP contribution in [0.5, 0.6) is 0 Å². The van der Waals surface area contributed by atoms with Gasteiger partial charge >= 0.3 is 0 Å². The molecule has 1 aliphatic heterocycles. The Balaban J connectivity index is 1.80. The van der Waals surface area contributed by atoms with Gasteiger partial charge < -0.3 is 5.32 Å². The molecule has 0 aliphatic carbocycles. The van der Waals surface area contributed by atoms with Crippen LogP contribution >= 0.6 is 0 Å². The zero-order valence-corrected chi connectivity index (χ0v) is 15.0. The maximum absolute atomic E-state index is 4.93. The molecule has 1 heterocycles. The first kappa shape index (κ1) is 16.3. The van der Waals surface area contributed by atoms with Gasteiger partial charge in [0, 0.05) is 6.42 Å². The van der Waals surface area contributed by atoms with E-state index in [0.29, 0.717) is 6.42 Å². The third-order valence-electron chi connectivity index (χ3n) is 4.53. The number of amidine groups is 1. The number of hydrogen-bond donors (Lipinski definition) is 1. The van der Waals surface area contributed by atoms with Crippen molar-refractivity contribution in [3.63, 3.8) is 0 Å². The van der Waals surface area contributed by atoms with Gasteiger partial charge in [0.25, 0.3) is 0 Å². The average molecular weight is 339 g/mol. The summed E-state index contributed by atoms with van der Waals surface area (Å²) in [5.74, 6) is 0.906. The molecule has 0 saturated carbocycles. The number of aryl methyl sites for hydroxylation is 2. The van der Waals surface area contributed by atoms with Crippen LogP contribution in [0.25, 0.3) is 0 Å². The second kappa shape index (κ2) is 6.96. The summed E-state index contributed by atoms with van der Waals surface area (Å²) >= 11 is 0. The molecule has 0 aromatic heterocycles. The van der Waals surface area contributed by atoms with Crippen LogP contribution in [0.2, 0.25) is 0 Å². The van der Waals surface area contributed by atoms with Crippen molar-refractivity contribution in [3.8, 4) is 0 Å². The third-order valence-corrected chi connectivity index (χ3v) is 4.53. The molecular formula is C23H21N3. The van der Waals surface area contributed by atoms with Crippen molar-refractivity contribution < 1.29 is 0 Å². The Kier molecular flexibility index (Phi) is 4.36. The number of para-hydroxylation sites is 3. The van der Waals surface area contributed by atoms with E-state index in [4.69, 9.17) is 9.98 Å². The predicted molar refractivity (Wildman–Crippen MR) is 110 cm³/mol. The van der Waals surface area contributed by atoms with Crippen LogP contribution in [0.1, 0.15) is 23.1 Å². The molecule has 1 N–H and O–H groups in total. The Morgan fingerprint density at radius 3 is 2.38 bits per heavy atom. The lowest BCUT2D eigenvalue weighted by Crippen LogP contribution is -2.15. The highest BCUT2D eigenvalue weighted by Gasteiger charge is 2.16. The molecule has 26 heavy (non-hydrogen) atoms. The van der Waals surface area contributed by atoms with E-state index >= 15 is 0 Å². The lowest BCUT2D eigenvalue weighted by molar-refractivity contribution is 1.36. The fraction of sp³-hybridized carbons (Fsp3) is 0.130. The largest absolute Gasteiger partial charge is 0.342 e. The number of nitrogens with zero attached hydrogens (tertiary/aromatic N) is 2. The Bertz CT molecular complexity index is 998. The molecule has 0 fully saturated rings. The molecule has 3 nitrogen and oxygen atoms in total. The summed E-state index contributed by atoms with van der Waals surface area (Å²) in [6.07, 6.45) is 0.659. The smallest absolute Gasteiger partial charge is 0.113 e. The molecule has 0 atom stereocenters. The van der Waals surface area contributed by atoms with Crippen LogP contribution in [0, 0.1) is 13.8 Å². The lowest BCUT2D eigenvalue weighted by Gasteiger charge is -2.10. The van der Waals surface area contributed by atoms with Gasteiger partial charge in [-0.1, -0.05) is 60.2 Å². The molecule has 3 aromatic carbocycles. The lowest BCUT2D eigenvalue weighted by atomic mass is 10.0. The first-order chi connectivity index (χ1) is 12.7. The first-order valence-corrected chi connectivity index (χ1v) is 8.83. The van der Waals surface area contributed by atoms with Crippen LogP contribution in [-0.2, 0) is 0 Å². The number of fused-ring (bicyclic) bond motifs is 1. The normalized spacial score (nSPS) is 15.0. The van der Waals surface area contributed by atoms with Gasteiger partial charge in [0.1, 0.15) is 5.84 Å². The van der Waals surface area contributed by atoms with Crippen molar-refractivity contribution in [2.75, 3.05) is 5.32 Å². The molecule has 1 aliphatic rings. The van der Waals surface area contributed by atoms with E-state index in [1.807, 2.05) is 42.5 Å². The van der Waals surface area contributed by atoms with Crippen LogP contribution in [0.15, 0.2) is 82.8 Å². The average Bonchev–Trinajstić information content (AvgIpc) is 2.83. The minimum atomic E-state index is 0.659. The number of aliphatic imine (C=N–C) groups is 2. The summed E-state index contributed by atoms with van der Waals surface area (Å²) < 4.78 is 0. The quantitative estimate of drug-likeness (QED) is 0.613. The molecule has 0 spiro atoms.